The van der Waals surface area contributed by atoms with Crippen molar-refractivity contribution in [1.29, 1.82) is 0 Å². The van der Waals surface area contributed by atoms with Gasteiger partial charge in [-0.1, -0.05) is 36.4 Å². The molecule has 7 heteroatoms. The van der Waals surface area contributed by atoms with Crippen LogP contribution >= 0.6 is 35.1 Å². The fourth-order valence-corrected chi connectivity index (χ4v) is 3.86. The van der Waals surface area contributed by atoms with Crippen molar-refractivity contribution in [3.63, 3.8) is 0 Å². The maximum atomic E-state index is 10.8. The number of hydrogen-bond donors (Lipinski definition) is 1. The number of nitrogens with zero attached hydrogens (tertiary/aromatic N) is 2. The minimum absolute atomic E-state index is 0.00213. The van der Waals surface area contributed by atoms with Gasteiger partial charge < -0.3 is 9.67 Å². The van der Waals surface area contributed by atoms with E-state index in [1.54, 1.807) is 11.8 Å². The molecule has 1 unspecified atom stereocenters. The molecule has 0 bridgehead atoms. The first-order valence-corrected chi connectivity index (χ1v) is 9.27. The van der Waals surface area contributed by atoms with E-state index in [0.29, 0.717) is 16.1 Å². The summed E-state index contributed by atoms with van der Waals surface area (Å²) in [5.74, 6) is 0.644. The molecule has 2 aromatic rings. The van der Waals surface area contributed by atoms with Crippen molar-refractivity contribution < 1.29 is 9.90 Å². The van der Waals surface area contributed by atoms with Gasteiger partial charge in [0.05, 0.1) is 21.8 Å². The van der Waals surface area contributed by atoms with Crippen LogP contribution in [0.3, 0.4) is 0 Å². The minimum Gasteiger partial charge on any atom is -0.481 e. The summed E-state index contributed by atoms with van der Waals surface area (Å²) >= 11 is 9.34. The average Bonchev–Trinajstić information content (AvgIpc) is 2.76. The molecule has 1 aromatic carbocycles. The molecule has 114 valence electrons. The molecule has 0 spiro atoms. The van der Waals surface area contributed by atoms with Crippen LogP contribution in [-0.4, -0.2) is 38.4 Å². The van der Waals surface area contributed by atoms with Crippen molar-refractivity contribution in [2.45, 2.75) is 18.6 Å². The quantitative estimate of drug-likeness (QED) is 0.773. The lowest BCUT2D eigenvalue weighted by molar-refractivity contribution is -0.133. The van der Waals surface area contributed by atoms with Crippen LogP contribution < -0.4 is 0 Å². The highest BCUT2D eigenvalue weighted by Crippen LogP contribution is 2.30. The zero-order valence-electron chi connectivity index (χ0n) is 11.9. The van der Waals surface area contributed by atoms with Gasteiger partial charge in [-0.3, -0.25) is 4.79 Å². The predicted octanol–water partition coefficient (Wildman–Crippen LogP) is 3.87. The van der Waals surface area contributed by atoms with Gasteiger partial charge in [0.25, 0.3) is 0 Å². The summed E-state index contributed by atoms with van der Waals surface area (Å²) < 4.78 is 2.05. The molecule has 0 saturated heterocycles. The molecule has 1 N–H and O–H groups in total. The highest BCUT2D eigenvalue weighted by Gasteiger charge is 2.16. The second kappa shape index (κ2) is 7.42. The smallest absolute Gasteiger partial charge is 0.313 e. The number of imidazole rings is 1. The van der Waals surface area contributed by atoms with Crippen LogP contribution in [0.15, 0.2) is 23.4 Å². The van der Waals surface area contributed by atoms with Gasteiger partial charge in [0, 0.05) is 6.54 Å². The number of fused-ring (bicyclic) bond motifs is 1. The van der Waals surface area contributed by atoms with E-state index in [0.717, 1.165) is 23.3 Å². The third-order valence-electron chi connectivity index (χ3n) is 2.95. The molecule has 0 amide bonds. The number of carboxylic acid groups (broad SMARTS) is 1. The second-order valence-electron chi connectivity index (χ2n) is 4.86. The zero-order chi connectivity index (χ0) is 15.4. The van der Waals surface area contributed by atoms with E-state index in [1.165, 1.54) is 11.8 Å². The number of rotatable bonds is 7. The summed E-state index contributed by atoms with van der Waals surface area (Å²) in [6.07, 6.45) is 2.08. The Morgan fingerprint density at radius 2 is 2.29 bits per heavy atom. The van der Waals surface area contributed by atoms with Crippen LogP contribution in [0.4, 0.5) is 0 Å². The molecule has 4 nitrogen and oxygen atoms in total. The molecular weight excluding hydrogens is 328 g/mol. The molecule has 2 rings (SSSR count). The van der Waals surface area contributed by atoms with Crippen LogP contribution in [0.1, 0.15) is 6.92 Å². The molecule has 0 aliphatic carbocycles. The molecular formula is C14H17ClN2O2S2. The molecule has 0 aliphatic heterocycles. The van der Waals surface area contributed by atoms with Crippen molar-refractivity contribution in [3.8, 4) is 0 Å². The lowest BCUT2D eigenvalue weighted by Crippen LogP contribution is -2.11. The Morgan fingerprint density at radius 3 is 2.95 bits per heavy atom. The predicted molar refractivity (Wildman–Crippen MR) is 90.6 cm³/mol. The summed E-state index contributed by atoms with van der Waals surface area (Å²) in [5, 5.41) is 10.2. The standard InChI is InChI=1S/C14H17ClN2O2S2/c1-9(7-20-2)6-17-13-10(15)4-3-5-11(13)16-14(17)21-8-12(18)19/h3-5,9H,6-8H2,1-2H3,(H,18,19). The Balaban J connectivity index is 2.40. The molecule has 21 heavy (non-hydrogen) atoms. The van der Waals surface area contributed by atoms with Crippen LogP contribution in [-0.2, 0) is 11.3 Å². The van der Waals surface area contributed by atoms with E-state index in [-0.39, 0.29) is 5.75 Å². The Labute approximate surface area is 137 Å². The van der Waals surface area contributed by atoms with E-state index >= 15 is 0 Å². The van der Waals surface area contributed by atoms with Crippen LogP contribution in [0.2, 0.25) is 5.02 Å². The second-order valence-corrected chi connectivity index (χ2v) is 7.12. The van der Waals surface area contributed by atoms with Crippen molar-refractivity contribution in [2.24, 2.45) is 5.92 Å². The number of benzene rings is 1. The minimum atomic E-state index is -0.845. The van der Waals surface area contributed by atoms with Gasteiger partial charge in [-0.15, -0.1) is 0 Å². The fourth-order valence-electron chi connectivity index (χ4n) is 2.18. The largest absolute Gasteiger partial charge is 0.481 e. The SMILES string of the molecule is CSCC(C)Cn1c(SCC(=O)O)nc2cccc(Cl)c21. The fraction of sp³-hybridized carbons (Fsp3) is 0.429. The van der Waals surface area contributed by atoms with E-state index in [4.69, 9.17) is 16.7 Å². The molecule has 0 radical (unpaired) electrons. The topological polar surface area (TPSA) is 55.1 Å². The van der Waals surface area contributed by atoms with Crippen LogP contribution in [0.5, 0.6) is 0 Å². The summed E-state index contributed by atoms with van der Waals surface area (Å²) in [5.41, 5.74) is 1.70. The van der Waals surface area contributed by atoms with Gasteiger partial charge in [0.2, 0.25) is 0 Å². The van der Waals surface area contributed by atoms with Gasteiger partial charge in [-0.2, -0.15) is 11.8 Å². The number of aliphatic carboxylic acids is 1. The zero-order valence-corrected chi connectivity index (χ0v) is 14.3. The van der Waals surface area contributed by atoms with Gasteiger partial charge in [0.15, 0.2) is 5.16 Å². The number of carboxylic acids is 1. The molecule has 1 heterocycles. The Kier molecular flexibility index (Phi) is 5.84. The van der Waals surface area contributed by atoms with Crippen LogP contribution in [0, 0.1) is 5.92 Å². The first-order chi connectivity index (χ1) is 10.0. The molecule has 1 aromatic heterocycles. The first-order valence-electron chi connectivity index (χ1n) is 6.51. The Morgan fingerprint density at radius 1 is 1.52 bits per heavy atom. The maximum absolute atomic E-state index is 10.8. The van der Waals surface area contributed by atoms with Crippen molar-refractivity contribution in [3.05, 3.63) is 23.2 Å². The Bertz CT molecular complexity index is 645. The maximum Gasteiger partial charge on any atom is 0.313 e. The summed E-state index contributed by atoms with van der Waals surface area (Å²) in [6.45, 7) is 2.95. The number of halogens is 1. The van der Waals surface area contributed by atoms with E-state index in [9.17, 15) is 4.79 Å². The summed E-state index contributed by atoms with van der Waals surface area (Å²) in [4.78, 5) is 15.3. The highest BCUT2D eigenvalue weighted by atomic mass is 35.5. The average molecular weight is 345 g/mol. The molecule has 0 fully saturated rings. The van der Waals surface area contributed by atoms with E-state index < -0.39 is 5.97 Å². The summed E-state index contributed by atoms with van der Waals surface area (Å²) in [6, 6.07) is 5.60. The van der Waals surface area contributed by atoms with Crippen molar-refractivity contribution in [1.82, 2.24) is 9.55 Å². The Hall–Kier alpha value is -0.850. The summed E-state index contributed by atoms with van der Waals surface area (Å²) in [7, 11) is 0. The van der Waals surface area contributed by atoms with E-state index in [1.807, 2.05) is 22.8 Å². The molecule has 1 atom stereocenters. The lowest BCUT2D eigenvalue weighted by Gasteiger charge is -2.14. The lowest BCUT2D eigenvalue weighted by atomic mass is 10.2. The molecule has 0 saturated carbocycles. The molecule has 0 aliphatic rings. The van der Waals surface area contributed by atoms with Gasteiger partial charge >= 0.3 is 5.97 Å². The van der Waals surface area contributed by atoms with Gasteiger partial charge in [-0.05, 0) is 30.1 Å². The third-order valence-corrected chi connectivity index (χ3v) is 5.12. The van der Waals surface area contributed by atoms with Crippen molar-refractivity contribution in [2.75, 3.05) is 17.8 Å². The number of hydrogen-bond acceptors (Lipinski definition) is 4. The van der Waals surface area contributed by atoms with E-state index in [2.05, 4.69) is 18.2 Å². The highest BCUT2D eigenvalue weighted by molar-refractivity contribution is 7.99. The monoisotopic (exact) mass is 344 g/mol. The number of carbonyl (C=O) groups is 1. The van der Waals surface area contributed by atoms with Gasteiger partial charge in [-0.25, -0.2) is 4.98 Å². The van der Waals surface area contributed by atoms with Gasteiger partial charge in [0.1, 0.15) is 0 Å². The number of thioether (sulfide) groups is 2. The first kappa shape index (κ1) is 16.5. The van der Waals surface area contributed by atoms with Crippen LogP contribution in [0.25, 0.3) is 11.0 Å². The third kappa shape index (κ3) is 4.08. The number of para-hydroxylation sites is 1. The normalized spacial score (nSPS) is 12.7. The number of aromatic nitrogens is 2. The van der Waals surface area contributed by atoms with Crippen molar-refractivity contribution >= 4 is 52.1 Å².